The van der Waals surface area contributed by atoms with Gasteiger partial charge in [0.05, 0.1) is 13.2 Å². The summed E-state index contributed by atoms with van der Waals surface area (Å²) in [6, 6.07) is 20.3. The summed E-state index contributed by atoms with van der Waals surface area (Å²) in [4.78, 5) is 32.6. The topological polar surface area (TPSA) is 81.2 Å². The summed E-state index contributed by atoms with van der Waals surface area (Å²) in [7, 11) is 1.96. The van der Waals surface area contributed by atoms with Crippen LogP contribution in [0.5, 0.6) is 11.5 Å². The van der Waals surface area contributed by atoms with Crippen LogP contribution in [0.3, 0.4) is 0 Å². The highest BCUT2D eigenvalue weighted by Gasteiger charge is 2.21. The number of aryl methyl sites for hydroxylation is 1. The average molecular weight is 478 g/mol. The molecule has 184 valence electrons. The predicted octanol–water partition coefficient (Wildman–Crippen LogP) is 4.47. The van der Waals surface area contributed by atoms with Gasteiger partial charge in [0.1, 0.15) is 30.5 Å². The lowest BCUT2D eigenvalue weighted by Gasteiger charge is -2.21. The number of ether oxygens (including phenoxy) is 3. The first-order valence-electron chi connectivity index (χ1n) is 11.5. The monoisotopic (exact) mass is 477 g/mol. The number of anilines is 1. The summed E-state index contributed by atoms with van der Waals surface area (Å²) in [6.45, 7) is 5.01. The highest BCUT2D eigenvalue weighted by molar-refractivity contribution is 5.79. The highest BCUT2D eigenvalue weighted by Crippen LogP contribution is 2.17. The summed E-state index contributed by atoms with van der Waals surface area (Å²) in [5.41, 5.74) is 1.79. The standard InChI is InChI=1S/C27H31N3O5/c1-4-33-26(31)20-30(27(32)35-24-9-7-8-21(2)18-24)19-22-11-13-23(14-12-22)34-17-16-29(3)25-10-5-6-15-28-25/h5-15,18H,4,16-17,19-20H2,1-3H3. The van der Waals surface area contributed by atoms with Gasteiger partial charge in [-0.2, -0.15) is 0 Å². The van der Waals surface area contributed by atoms with E-state index in [9.17, 15) is 9.59 Å². The van der Waals surface area contributed by atoms with Crippen molar-refractivity contribution in [3.8, 4) is 11.5 Å². The molecule has 0 unspecified atom stereocenters. The molecule has 0 aliphatic rings. The van der Waals surface area contributed by atoms with Crippen LogP contribution in [0.15, 0.2) is 72.9 Å². The summed E-state index contributed by atoms with van der Waals surface area (Å²) >= 11 is 0. The Labute approximate surface area is 206 Å². The number of carbonyl (C=O) groups is 2. The molecule has 2 aromatic carbocycles. The minimum atomic E-state index is -0.624. The molecule has 0 atom stereocenters. The molecule has 0 saturated carbocycles. The number of hydrogen-bond donors (Lipinski definition) is 0. The van der Waals surface area contributed by atoms with Crippen LogP contribution < -0.4 is 14.4 Å². The zero-order chi connectivity index (χ0) is 25.0. The van der Waals surface area contributed by atoms with Crippen molar-refractivity contribution in [2.75, 3.05) is 38.3 Å². The maximum atomic E-state index is 12.8. The fraction of sp³-hybridized carbons (Fsp3) is 0.296. The van der Waals surface area contributed by atoms with E-state index in [4.69, 9.17) is 14.2 Å². The molecule has 0 aliphatic carbocycles. The molecule has 1 heterocycles. The molecular formula is C27H31N3O5. The highest BCUT2D eigenvalue weighted by atomic mass is 16.6. The normalized spacial score (nSPS) is 10.4. The third kappa shape index (κ3) is 8.33. The van der Waals surface area contributed by atoms with E-state index < -0.39 is 12.1 Å². The molecule has 0 spiro atoms. The number of pyridine rings is 1. The Kier molecular flexibility index (Phi) is 9.48. The van der Waals surface area contributed by atoms with E-state index in [-0.39, 0.29) is 19.7 Å². The van der Waals surface area contributed by atoms with E-state index in [1.165, 1.54) is 4.90 Å². The Bertz CT molecular complexity index is 1090. The maximum Gasteiger partial charge on any atom is 0.416 e. The number of aromatic nitrogens is 1. The Morgan fingerprint density at radius 2 is 1.77 bits per heavy atom. The lowest BCUT2D eigenvalue weighted by atomic mass is 10.2. The van der Waals surface area contributed by atoms with Crippen LogP contribution in [0.1, 0.15) is 18.1 Å². The molecule has 35 heavy (non-hydrogen) atoms. The number of rotatable bonds is 11. The number of likely N-dealkylation sites (N-methyl/N-ethyl adjacent to an activating group) is 1. The van der Waals surface area contributed by atoms with Crippen LogP contribution in [-0.4, -0.2) is 55.3 Å². The fourth-order valence-electron chi connectivity index (χ4n) is 3.30. The van der Waals surface area contributed by atoms with Crippen LogP contribution in [0.2, 0.25) is 0 Å². The predicted molar refractivity (Wildman–Crippen MR) is 134 cm³/mol. The molecule has 0 saturated heterocycles. The second-order valence-electron chi connectivity index (χ2n) is 7.95. The Balaban J connectivity index is 1.58. The van der Waals surface area contributed by atoms with Crippen LogP contribution in [-0.2, 0) is 16.1 Å². The first-order valence-corrected chi connectivity index (χ1v) is 11.5. The molecule has 0 aliphatic heterocycles. The molecular weight excluding hydrogens is 446 g/mol. The van der Waals surface area contributed by atoms with Crippen molar-refractivity contribution in [1.29, 1.82) is 0 Å². The van der Waals surface area contributed by atoms with E-state index in [0.29, 0.717) is 24.7 Å². The Morgan fingerprint density at radius 1 is 0.971 bits per heavy atom. The van der Waals surface area contributed by atoms with Gasteiger partial charge >= 0.3 is 12.1 Å². The molecule has 8 nitrogen and oxygen atoms in total. The van der Waals surface area contributed by atoms with E-state index in [1.54, 1.807) is 31.3 Å². The third-order valence-corrected chi connectivity index (χ3v) is 5.11. The van der Waals surface area contributed by atoms with Gasteiger partial charge in [0.2, 0.25) is 0 Å². The van der Waals surface area contributed by atoms with Gasteiger partial charge in [-0.15, -0.1) is 0 Å². The van der Waals surface area contributed by atoms with E-state index >= 15 is 0 Å². The van der Waals surface area contributed by atoms with Crippen molar-refractivity contribution in [3.05, 3.63) is 84.1 Å². The molecule has 3 rings (SSSR count). The quantitative estimate of drug-likeness (QED) is 0.377. The zero-order valence-corrected chi connectivity index (χ0v) is 20.3. The Hall–Kier alpha value is -4.07. The summed E-state index contributed by atoms with van der Waals surface area (Å²) in [5.74, 6) is 1.52. The van der Waals surface area contributed by atoms with Gasteiger partial charge in [0.25, 0.3) is 0 Å². The lowest BCUT2D eigenvalue weighted by Crippen LogP contribution is -2.38. The van der Waals surface area contributed by atoms with Crippen LogP contribution in [0.4, 0.5) is 10.6 Å². The first-order chi connectivity index (χ1) is 16.9. The minimum Gasteiger partial charge on any atom is -0.492 e. The van der Waals surface area contributed by atoms with E-state index in [1.807, 2.05) is 67.4 Å². The van der Waals surface area contributed by atoms with Gasteiger partial charge in [-0.3, -0.25) is 9.69 Å². The SMILES string of the molecule is CCOC(=O)CN(Cc1ccc(OCCN(C)c2ccccn2)cc1)C(=O)Oc1cccc(C)c1. The van der Waals surface area contributed by atoms with Gasteiger partial charge in [0.15, 0.2) is 0 Å². The maximum absolute atomic E-state index is 12.8. The largest absolute Gasteiger partial charge is 0.492 e. The number of amides is 1. The number of benzene rings is 2. The molecule has 0 radical (unpaired) electrons. The second-order valence-corrected chi connectivity index (χ2v) is 7.95. The number of hydrogen-bond acceptors (Lipinski definition) is 7. The van der Waals surface area contributed by atoms with Crippen molar-refractivity contribution in [1.82, 2.24) is 9.88 Å². The minimum absolute atomic E-state index is 0.187. The van der Waals surface area contributed by atoms with Crippen molar-refractivity contribution >= 4 is 17.9 Å². The smallest absolute Gasteiger partial charge is 0.416 e. The summed E-state index contributed by atoms with van der Waals surface area (Å²) in [5, 5.41) is 0. The van der Waals surface area contributed by atoms with Crippen molar-refractivity contribution in [2.24, 2.45) is 0 Å². The number of nitrogens with zero attached hydrogens (tertiary/aromatic N) is 3. The van der Waals surface area contributed by atoms with Crippen molar-refractivity contribution in [2.45, 2.75) is 20.4 Å². The number of esters is 1. The van der Waals surface area contributed by atoms with Gasteiger partial charge < -0.3 is 19.1 Å². The molecule has 0 N–H and O–H groups in total. The van der Waals surface area contributed by atoms with Gasteiger partial charge in [-0.1, -0.05) is 30.3 Å². The molecule has 1 amide bonds. The van der Waals surface area contributed by atoms with Crippen LogP contribution in [0.25, 0.3) is 0 Å². The van der Waals surface area contributed by atoms with Gasteiger partial charge in [-0.05, 0) is 61.4 Å². The van der Waals surface area contributed by atoms with Crippen molar-refractivity contribution in [3.63, 3.8) is 0 Å². The van der Waals surface area contributed by atoms with Crippen LogP contribution in [0, 0.1) is 6.92 Å². The van der Waals surface area contributed by atoms with E-state index in [0.717, 1.165) is 16.9 Å². The van der Waals surface area contributed by atoms with Gasteiger partial charge in [0, 0.05) is 19.8 Å². The summed E-state index contributed by atoms with van der Waals surface area (Å²) < 4.78 is 16.4. The lowest BCUT2D eigenvalue weighted by molar-refractivity contribution is -0.144. The summed E-state index contributed by atoms with van der Waals surface area (Å²) in [6.07, 6.45) is 1.13. The van der Waals surface area contributed by atoms with E-state index in [2.05, 4.69) is 4.98 Å². The molecule has 1 aromatic heterocycles. The van der Waals surface area contributed by atoms with Gasteiger partial charge in [-0.25, -0.2) is 9.78 Å². The van der Waals surface area contributed by atoms with Crippen molar-refractivity contribution < 1.29 is 23.8 Å². The molecule has 8 heteroatoms. The molecule has 0 fully saturated rings. The third-order valence-electron chi connectivity index (χ3n) is 5.11. The fourth-order valence-corrected chi connectivity index (χ4v) is 3.30. The molecule has 3 aromatic rings. The molecule has 0 bridgehead atoms. The number of carbonyl (C=O) groups excluding carboxylic acids is 2. The zero-order valence-electron chi connectivity index (χ0n) is 20.3. The average Bonchev–Trinajstić information content (AvgIpc) is 2.85. The second kappa shape index (κ2) is 13.0. The van der Waals surface area contributed by atoms with Crippen LogP contribution >= 0.6 is 0 Å². The Morgan fingerprint density at radius 3 is 2.46 bits per heavy atom. The first kappa shape index (κ1) is 25.6.